The molecular weight excluding hydrogens is 140 g/mol. The molecule has 1 aliphatic rings. The van der Waals surface area contributed by atoms with Crippen LogP contribution in [0.2, 0.25) is 18.6 Å². The Hall–Kier alpha value is 0.177. The molecule has 1 fully saturated rings. The van der Waals surface area contributed by atoms with E-state index in [4.69, 9.17) is 4.43 Å². The van der Waals surface area contributed by atoms with Crippen LogP contribution in [-0.4, -0.2) is 14.9 Å². The molecule has 0 aromatic carbocycles. The normalized spacial score (nSPS) is 20.7. The van der Waals surface area contributed by atoms with Gasteiger partial charge in [-0.2, -0.15) is 0 Å². The minimum Gasteiger partial charge on any atom is -0.417 e. The third-order valence-electron chi connectivity index (χ3n) is 2.60. The van der Waals surface area contributed by atoms with E-state index in [0.29, 0.717) is 0 Å². The van der Waals surface area contributed by atoms with E-state index < -0.39 is 8.32 Å². The fourth-order valence-corrected chi connectivity index (χ4v) is 4.37. The summed E-state index contributed by atoms with van der Waals surface area (Å²) < 4.78 is 5.77. The van der Waals surface area contributed by atoms with E-state index in [1.807, 2.05) is 0 Å². The van der Waals surface area contributed by atoms with E-state index >= 15 is 0 Å². The van der Waals surface area contributed by atoms with Crippen LogP contribution >= 0.6 is 0 Å². The van der Waals surface area contributed by atoms with Gasteiger partial charge in [-0.05, 0) is 25.6 Å². The third kappa shape index (κ3) is 1.61. The van der Waals surface area contributed by atoms with Gasteiger partial charge >= 0.3 is 0 Å². The maximum Gasteiger partial charge on any atom is 0.189 e. The Balaban J connectivity index is 2.33. The maximum absolute atomic E-state index is 5.77. The molecule has 0 aromatic rings. The predicted octanol–water partition coefficient (Wildman–Crippen LogP) is 2.78. The fourth-order valence-electron chi connectivity index (χ4n) is 1.59. The van der Waals surface area contributed by atoms with Crippen molar-refractivity contribution in [3.63, 3.8) is 0 Å². The molecule has 1 nitrogen and oxygen atoms in total. The Morgan fingerprint density at radius 2 is 2.00 bits per heavy atom. The van der Waals surface area contributed by atoms with E-state index in [-0.39, 0.29) is 0 Å². The molecule has 2 heteroatoms. The van der Waals surface area contributed by atoms with Gasteiger partial charge in [0.2, 0.25) is 0 Å². The van der Waals surface area contributed by atoms with Crippen molar-refractivity contribution in [2.45, 2.75) is 44.8 Å². The van der Waals surface area contributed by atoms with E-state index in [1.165, 1.54) is 19.3 Å². The highest BCUT2D eigenvalue weighted by Crippen LogP contribution is 2.41. The second-order valence-electron chi connectivity index (χ2n) is 3.66. The SMILES string of the molecule is CCO[Si](C)(C)C1CCC1. The van der Waals surface area contributed by atoms with Crippen molar-refractivity contribution < 1.29 is 4.43 Å². The molecular formula is C8H18OSi. The molecule has 1 saturated carbocycles. The van der Waals surface area contributed by atoms with Gasteiger partial charge in [0, 0.05) is 6.61 Å². The zero-order valence-electron chi connectivity index (χ0n) is 7.31. The number of hydrogen-bond acceptors (Lipinski definition) is 1. The monoisotopic (exact) mass is 158 g/mol. The van der Waals surface area contributed by atoms with Crippen molar-refractivity contribution in [3.05, 3.63) is 0 Å². The van der Waals surface area contributed by atoms with Gasteiger partial charge in [0.1, 0.15) is 0 Å². The van der Waals surface area contributed by atoms with Gasteiger partial charge < -0.3 is 4.43 Å². The summed E-state index contributed by atoms with van der Waals surface area (Å²) in [5.74, 6) is 0. The molecule has 0 saturated heterocycles. The molecule has 60 valence electrons. The number of hydrogen-bond donors (Lipinski definition) is 0. The van der Waals surface area contributed by atoms with Gasteiger partial charge in [0.05, 0.1) is 0 Å². The average molecular weight is 158 g/mol. The van der Waals surface area contributed by atoms with Crippen molar-refractivity contribution in [1.82, 2.24) is 0 Å². The summed E-state index contributed by atoms with van der Waals surface area (Å²) in [7, 11) is -1.22. The Morgan fingerprint density at radius 1 is 1.40 bits per heavy atom. The van der Waals surface area contributed by atoms with Crippen LogP contribution < -0.4 is 0 Å². The van der Waals surface area contributed by atoms with Crippen LogP contribution in [0.5, 0.6) is 0 Å². The standard InChI is InChI=1S/C8H18OSi/c1-4-9-10(2,3)8-6-5-7-8/h8H,4-7H2,1-3H3. The molecule has 0 spiro atoms. The first-order chi connectivity index (χ1) is 4.67. The molecule has 0 atom stereocenters. The van der Waals surface area contributed by atoms with Gasteiger partial charge in [-0.25, -0.2) is 0 Å². The Kier molecular flexibility index (Phi) is 2.53. The van der Waals surface area contributed by atoms with Crippen LogP contribution in [-0.2, 0) is 4.43 Å². The molecule has 0 amide bonds. The van der Waals surface area contributed by atoms with Crippen LogP contribution in [0.3, 0.4) is 0 Å². The topological polar surface area (TPSA) is 9.23 Å². The highest BCUT2D eigenvalue weighted by atomic mass is 28.4. The summed E-state index contributed by atoms with van der Waals surface area (Å²) in [6.45, 7) is 7.71. The summed E-state index contributed by atoms with van der Waals surface area (Å²) >= 11 is 0. The van der Waals surface area contributed by atoms with Crippen LogP contribution in [0.1, 0.15) is 26.2 Å². The van der Waals surface area contributed by atoms with Crippen molar-refractivity contribution in [2.75, 3.05) is 6.61 Å². The minimum atomic E-state index is -1.22. The molecule has 10 heavy (non-hydrogen) atoms. The lowest BCUT2D eigenvalue weighted by molar-refractivity contribution is 0.297. The largest absolute Gasteiger partial charge is 0.417 e. The smallest absolute Gasteiger partial charge is 0.189 e. The first-order valence-electron chi connectivity index (χ1n) is 4.31. The van der Waals surface area contributed by atoms with Gasteiger partial charge in [0.15, 0.2) is 8.32 Å². The van der Waals surface area contributed by atoms with Gasteiger partial charge in [-0.15, -0.1) is 0 Å². The van der Waals surface area contributed by atoms with Gasteiger partial charge in [0.25, 0.3) is 0 Å². The molecule has 0 heterocycles. The first-order valence-corrected chi connectivity index (χ1v) is 7.29. The summed E-state index contributed by atoms with van der Waals surface area (Å²) in [5, 5.41) is 0. The Labute approximate surface area is 64.9 Å². The maximum atomic E-state index is 5.77. The summed E-state index contributed by atoms with van der Waals surface area (Å²) in [5.41, 5.74) is 0.965. The lowest BCUT2D eigenvalue weighted by atomic mass is 10.00. The number of rotatable bonds is 3. The van der Waals surface area contributed by atoms with Crippen molar-refractivity contribution >= 4 is 8.32 Å². The Bertz CT molecular complexity index is 108. The zero-order chi connectivity index (χ0) is 7.61. The van der Waals surface area contributed by atoms with Crippen LogP contribution in [0, 0.1) is 0 Å². The van der Waals surface area contributed by atoms with E-state index in [1.54, 1.807) is 0 Å². The van der Waals surface area contributed by atoms with Crippen molar-refractivity contribution in [1.29, 1.82) is 0 Å². The summed E-state index contributed by atoms with van der Waals surface area (Å²) in [4.78, 5) is 0. The molecule has 1 rings (SSSR count). The quantitative estimate of drug-likeness (QED) is 0.574. The molecule has 0 N–H and O–H groups in total. The molecule has 0 radical (unpaired) electrons. The fraction of sp³-hybridized carbons (Fsp3) is 1.00. The van der Waals surface area contributed by atoms with Crippen molar-refractivity contribution in [3.8, 4) is 0 Å². The zero-order valence-corrected chi connectivity index (χ0v) is 8.31. The third-order valence-corrected chi connectivity index (χ3v) is 6.18. The van der Waals surface area contributed by atoms with E-state index in [2.05, 4.69) is 20.0 Å². The molecule has 0 bridgehead atoms. The van der Waals surface area contributed by atoms with Crippen LogP contribution in [0.4, 0.5) is 0 Å². The van der Waals surface area contributed by atoms with Crippen LogP contribution in [0.25, 0.3) is 0 Å². The van der Waals surface area contributed by atoms with Gasteiger partial charge in [-0.3, -0.25) is 0 Å². The molecule has 0 aliphatic heterocycles. The second-order valence-corrected chi connectivity index (χ2v) is 7.98. The Morgan fingerprint density at radius 3 is 2.30 bits per heavy atom. The summed E-state index contributed by atoms with van der Waals surface area (Å²) in [6, 6.07) is 0. The van der Waals surface area contributed by atoms with Crippen molar-refractivity contribution in [2.24, 2.45) is 0 Å². The molecule has 1 aliphatic carbocycles. The van der Waals surface area contributed by atoms with E-state index in [9.17, 15) is 0 Å². The first kappa shape index (κ1) is 8.28. The summed E-state index contributed by atoms with van der Waals surface area (Å²) in [6.07, 6.45) is 4.30. The average Bonchev–Trinajstić information content (AvgIpc) is 1.56. The highest BCUT2D eigenvalue weighted by molar-refractivity contribution is 6.72. The lowest BCUT2D eigenvalue weighted by Crippen LogP contribution is -2.39. The molecule has 0 unspecified atom stereocenters. The van der Waals surface area contributed by atoms with Crippen LogP contribution in [0.15, 0.2) is 0 Å². The highest BCUT2D eigenvalue weighted by Gasteiger charge is 2.36. The minimum absolute atomic E-state index is 0.912. The lowest BCUT2D eigenvalue weighted by Gasteiger charge is -2.37. The molecule has 0 aromatic heterocycles. The predicted molar refractivity (Wildman–Crippen MR) is 46.7 cm³/mol. The second kappa shape index (κ2) is 3.05. The van der Waals surface area contributed by atoms with Gasteiger partial charge in [-0.1, -0.05) is 19.3 Å². The van der Waals surface area contributed by atoms with E-state index in [0.717, 1.165) is 12.1 Å².